The van der Waals surface area contributed by atoms with Crippen LogP contribution in [0.2, 0.25) is 0 Å². The van der Waals surface area contributed by atoms with E-state index in [1.807, 2.05) is 0 Å². The standard InChI is InChI=1S/C12H13NO4S/c1-2-13-17-18(15,16)10-7-9-5-3-4-6-11(9)12(14)8-10/h3-8,13-14H,2H2,1H3. The second kappa shape index (κ2) is 4.93. The summed E-state index contributed by atoms with van der Waals surface area (Å²) in [5.74, 6) is -0.0910. The van der Waals surface area contributed by atoms with Crippen LogP contribution in [0.3, 0.4) is 0 Å². The van der Waals surface area contributed by atoms with E-state index in [-0.39, 0.29) is 10.6 Å². The Hall–Kier alpha value is -1.63. The molecule has 0 bridgehead atoms. The van der Waals surface area contributed by atoms with Gasteiger partial charge in [0.05, 0.1) is 4.90 Å². The fraction of sp³-hybridized carbons (Fsp3) is 0.167. The first-order chi connectivity index (χ1) is 8.54. The van der Waals surface area contributed by atoms with Crippen LogP contribution in [0.25, 0.3) is 10.8 Å². The molecule has 0 unspecified atom stereocenters. The van der Waals surface area contributed by atoms with Gasteiger partial charge in [-0.2, -0.15) is 18.2 Å². The van der Waals surface area contributed by atoms with E-state index in [9.17, 15) is 13.5 Å². The molecule has 0 aromatic heterocycles. The summed E-state index contributed by atoms with van der Waals surface area (Å²) in [5, 5.41) is 11.0. The zero-order valence-electron chi connectivity index (χ0n) is 9.75. The first kappa shape index (κ1) is 12.8. The Labute approximate surface area is 105 Å². The molecule has 0 aliphatic heterocycles. The Morgan fingerprint density at radius 1 is 1.28 bits per heavy atom. The van der Waals surface area contributed by atoms with Gasteiger partial charge < -0.3 is 5.11 Å². The lowest BCUT2D eigenvalue weighted by Crippen LogP contribution is -2.19. The number of hydrogen-bond donors (Lipinski definition) is 2. The summed E-state index contributed by atoms with van der Waals surface area (Å²) in [6.45, 7) is 2.08. The number of phenolic OH excluding ortho intramolecular Hbond substituents is 1. The molecule has 0 fully saturated rings. The van der Waals surface area contributed by atoms with Gasteiger partial charge >= 0.3 is 10.1 Å². The molecule has 6 heteroatoms. The molecule has 5 nitrogen and oxygen atoms in total. The Balaban J connectivity index is 2.53. The Bertz CT molecular complexity index is 667. The smallest absolute Gasteiger partial charge is 0.313 e. The van der Waals surface area contributed by atoms with Gasteiger partial charge in [-0.1, -0.05) is 31.2 Å². The first-order valence-electron chi connectivity index (χ1n) is 5.42. The second-order valence-electron chi connectivity index (χ2n) is 3.70. The van der Waals surface area contributed by atoms with Gasteiger partial charge in [-0.3, -0.25) is 0 Å². The van der Waals surface area contributed by atoms with Crippen molar-refractivity contribution in [3.8, 4) is 5.75 Å². The van der Waals surface area contributed by atoms with E-state index in [0.29, 0.717) is 17.3 Å². The highest BCUT2D eigenvalue weighted by atomic mass is 32.2. The highest BCUT2D eigenvalue weighted by Crippen LogP contribution is 2.28. The van der Waals surface area contributed by atoms with Crippen molar-refractivity contribution in [3.63, 3.8) is 0 Å². The molecule has 18 heavy (non-hydrogen) atoms. The highest BCUT2D eigenvalue weighted by Gasteiger charge is 2.17. The fourth-order valence-corrected chi connectivity index (χ4v) is 2.49. The minimum atomic E-state index is -3.91. The van der Waals surface area contributed by atoms with E-state index in [4.69, 9.17) is 0 Å². The number of phenols is 1. The molecule has 2 rings (SSSR count). The number of hydrogen-bond acceptors (Lipinski definition) is 5. The molecule has 0 atom stereocenters. The van der Waals surface area contributed by atoms with E-state index >= 15 is 0 Å². The van der Waals surface area contributed by atoms with Gasteiger partial charge in [0.1, 0.15) is 5.75 Å². The SMILES string of the molecule is CCNOS(=O)(=O)c1cc(O)c2ccccc2c1. The quantitative estimate of drug-likeness (QED) is 0.826. The lowest BCUT2D eigenvalue weighted by Gasteiger charge is -2.07. The normalized spacial score (nSPS) is 11.8. The summed E-state index contributed by atoms with van der Waals surface area (Å²) in [6.07, 6.45) is 0. The first-order valence-corrected chi connectivity index (χ1v) is 6.83. The molecule has 2 aromatic rings. The van der Waals surface area contributed by atoms with Crippen LogP contribution in [-0.2, 0) is 14.4 Å². The summed E-state index contributed by atoms with van der Waals surface area (Å²) >= 11 is 0. The van der Waals surface area contributed by atoms with Crippen molar-refractivity contribution in [2.24, 2.45) is 0 Å². The summed E-state index contributed by atoms with van der Waals surface area (Å²) in [7, 11) is -3.91. The minimum absolute atomic E-state index is 0.0837. The number of benzene rings is 2. The number of aromatic hydroxyl groups is 1. The predicted octanol–water partition coefficient (Wildman–Crippen LogP) is 1.78. The lowest BCUT2D eigenvalue weighted by atomic mass is 10.1. The van der Waals surface area contributed by atoms with E-state index in [1.54, 1.807) is 31.2 Å². The maximum atomic E-state index is 11.8. The molecule has 96 valence electrons. The van der Waals surface area contributed by atoms with Crippen molar-refractivity contribution in [1.29, 1.82) is 0 Å². The van der Waals surface area contributed by atoms with Gasteiger partial charge in [-0.05, 0) is 11.5 Å². The van der Waals surface area contributed by atoms with E-state index in [1.165, 1.54) is 12.1 Å². The van der Waals surface area contributed by atoms with Gasteiger partial charge in [0, 0.05) is 18.0 Å². The van der Waals surface area contributed by atoms with Gasteiger partial charge in [-0.15, -0.1) is 0 Å². The average Bonchev–Trinajstić information content (AvgIpc) is 2.36. The van der Waals surface area contributed by atoms with Crippen LogP contribution in [0.4, 0.5) is 0 Å². The Kier molecular flexibility index (Phi) is 3.51. The minimum Gasteiger partial charge on any atom is -0.507 e. The number of nitrogens with one attached hydrogen (secondary N) is 1. The van der Waals surface area contributed by atoms with E-state index in [0.717, 1.165) is 0 Å². The highest BCUT2D eigenvalue weighted by molar-refractivity contribution is 7.86. The second-order valence-corrected chi connectivity index (χ2v) is 5.25. The number of fused-ring (bicyclic) bond motifs is 1. The van der Waals surface area contributed by atoms with Crippen LogP contribution in [0.15, 0.2) is 41.3 Å². The van der Waals surface area contributed by atoms with Gasteiger partial charge in [0.25, 0.3) is 0 Å². The van der Waals surface area contributed by atoms with Crippen LogP contribution >= 0.6 is 0 Å². The van der Waals surface area contributed by atoms with Crippen molar-refractivity contribution >= 4 is 20.9 Å². The Morgan fingerprint density at radius 3 is 2.72 bits per heavy atom. The summed E-state index contributed by atoms with van der Waals surface area (Å²) in [5.41, 5.74) is 2.28. The maximum Gasteiger partial charge on any atom is 0.313 e. The van der Waals surface area contributed by atoms with Gasteiger partial charge in [-0.25, -0.2) is 0 Å². The lowest BCUT2D eigenvalue weighted by molar-refractivity contribution is 0.210. The van der Waals surface area contributed by atoms with Crippen molar-refractivity contribution in [3.05, 3.63) is 36.4 Å². The van der Waals surface area contributed by atoms with Crippen molar-refractivity contribution in [2.75, 3.05) is 6.54 Å². The van der Waals surface area contributed by atoms with Crippen molar-refractivity contribution < 1.29 is 17.8 Å². The van der Waals surface area contributed by atoms with E-state index in [2.05, 4.69) is 9.76 Å². The molecule has 0 amide bonds. The van der Waals surface area contributed by atoms with Gasteiger partial charge in [0.2, 0.25) is 0 Å². The van der Waals surface area contributed by atoms with E-state index < -0.39 is 10.1 Å². The molecule has 2 aromatic carbocycles. The van der Waals surface area contributed by atoms with Crippen LogP contribution < -0.4 is 5.48 Å². The summed E-state index contributed by atoms with van der Waals surface area (Å²) in [4.78, 5) is -0.0837. The Morgan fingerprint density at radius 2 is 2.00 bits per heavy atom. The summed E-state index contributed by atoms with van der Waals surface area (Å²) < 4.78 is 28.2. The van der Waals surface area contributed by atoms with Crippen molar-refractivity contribution in [2.45, 2.75) is 11.8 Å². The maximum absolute atomic E-state index is 11.8. The van der Waals surface area contributed by atoms with Crippen LogP contribution in [0.5, 0.6) is 5.75 Å². The third kappa shape index (κ3) is 2.45. The third-order valence-electron chi connectivity index (χ3n) is 2.42. The monoisotopic (exact) mass is 267 g/mol. The van der Waals surface area contributed by atoms with Crippen LogP contribution in [0.1, 0.15) is 6.92 Å². The molecule has 0 saturated heterocycles. The van der Waals surface area contributed by atoms with Crippen LogP contribution in [-0.4, -0.2) is 20.1 Å². The van der Waals surface area contributed by atoms with Gasteiger partial charge in [0.15, 0.2) is 0 Å². The zero-order chi connectivity index (χ0) is 13.2. The molecule has 0 saturated carbocycles. The molecule has 0 aliphatic carbocycles. The number of rotatable bonds is 4. The summed E-state index contributed by atoms with van der Waals surface area (Å²) in [6, 6.07) is 9.61. The average molecular weight is 267 g/mol. The molecule has 2 N–H and O–H groups in total. The molecular weight excluding hydrogens is 254 g/mol. The molecule has 0 aliphatic rings. The third-order valence-corrected chi connectivity index (χ3v) is 3.57. The predicted molar refractivity (Wildman–Crippen MR) is 67.6 cm³/mol. The largest absolute Gasteiger partial charge is 0.507 e. The zero-order valence-corrected chi connectivity index (χ0v) is 10.6. The molecule has 0 spiro atoms. The topological polar surface area (TPSA) is 75.6 Å². The molecular formula is C12H13NO4S. The van der Waals surface area contributed by atoms with Crippen molar-refractivity contribution in [1.82, 2.24) is 5.48 Å². The molecule has 0 heterocycles. The fourth-order valence-electron chi connectivity index (χ4n) is 1.59. The van der Waals surface area contributed by atoms with Crippen LogP contribution in [0, 0.1) is 0 Å². The number of hydroxylamine groups is 1. The molecule has 0 radical (unpaired) electrons.